The number of aliphatic hydroxyl groups excluding tert-OH is 1. The molecule has 102 valence electrons. The van der Waals surface area contributed by atoms with Crippen LogP contribution in [-0.2, 0) is 0 Å². The number of aromatic nitrogens is 1. The van der Waals surface area contributed by atoms with E-state index in [0.29, 0.717) is 15.6 Å². The van der Waals surface area contributed by atoms with Crippen LogP contribution in [0.4, 0.5) is 9.52 Å². The van der Waals surface area contributed by atoms with E-state index in [1.807, 2.05) is 0 Å². The average Bonchev–Trinajstić information content (AvgIpc) is 2.87. The first-order chi connectivity index (χ1) is 9.60. The summed E-state index contributed by atoms with van der Waals surface area (Å²) in [6, 6.07) is 4.28. The molecule has 2 rings (SSSR count). The fourth-order valence-electron chi connectivity index (χ4n) is 1.42. The minimum Gasteiger partial charge on any atom is -0.384 e. The Labute approximate surface area is 119 Å². The maximum Gasteiger partial charge on any atom is 0.257 e. The van der Waals surface area contributed by atoms with Gasteiger partial charge in [0.1, 0.15) is 12.4 Å². The van der Waals surface area contributed by atoms with Gasteiger partial charge in [0.25, 0.3) is 5.91 Å². The fraction of sp³-hybridized carbons (Fsp3) is 0.143. The number of nitrogens with one attached hydrogen (secondary N) is 1. The van der Waals surface area contributed by atoms with Crippen LogP contribution in [0.5, 0.6) is 0 Å². The molecule has 0 aliphatic carbocycles. The van der Waals surface area contributed by atoms with Crippen molar-refractivity contribution in [3.8, 4) is 11.8 Å². The molecule has 1 aromatic heterocycles. The van der Waals surface area contributed by atoms with Crippen LogP contribution in [0.3, 0.4) is 0 Å². The van der Waals surface area contributed by atoms with Crippen LogP contribution in [0, 0.1) is 24.6 Å². The highest BCUT2D eigenvalue weighted by atomic mass is 32.1. The first-order valence-corrected chi connectivity index (χ1v) is 6.55. The molecule has 1 aromatic carbocycles. The Morgan fingerprint density at radius 1 is 1.55 bits per heavy atom. The predicted octanol–water partition coefficient (Wildman–Crippen LogP) is 2.19. The molecule has 1 heterocycles. The van der Waals surface area contributed by atoms with Crippen LogP contribution >= 0.6 is 11.3 Å². The summed E-state index contributed by atoms with van der Waals surface area (Å²) >= 11 is 1.18. The van der Waals surface area contributed by atoms with Crippen molar-refractivity contribution in [1.82, 2.24) is 4.98 Å². The molecule has 2 N–H and O–H groups in total. The van der Waals surface area contributed by atoms with Gasteiger partial charge in [-0.15, -0.1) is 0 Å². The van der Waals surface area contributed by atoms with E-state index in [2.05, 4.69) is 22.1 Å². The molecule has 0 fully saturated rings. The highest BCUT2D eigenvalue weighted by Gasteiger charge is 2.10. The second kappa shape index (κ2) is 6.28. The van der Waals surface area contributed by atoms with E-state index in [1.165, 1.54) is 23.6 Å². The maximum absolute atomic E-state index is 13.4. The largest absolute Gasteiger partial charge is 0.384 e. The lowest BCUT2D eigenvalue weighted by Crippen LogP contribution is -2.12. The molecule has 1 amide bonds. The van der Waals surface area contributed by atoms with Crippen molar-refractivity contribution in [2.75, 3.05) is 11.9 Å². The van der Waals surface area contributed by atoms with Crippen molar-refractivity contribution in [1.29, 1.82) is 0 Å². The Hall–Kier alpha value is -2.23. The topological polar surface area (TPSA) is 62.2 Å². The van der Waals surface area contributed by atoms with Gasteiger partial charge in [0.2, 0.25) is 0 Å². The third-order valence-corrected chi connectivity index (χ3v) is 3.28. The van der Waals surface area contributed by atoms with Crippen molar-refractivity contribution < 1.29 is 14.3 Å². The van der Waals surface area contributed by atoms with Crippen LogP contribution in [-0.4, -0.2) is 22.6 Å². The van der Waals surface area contributed by atoms with E-state index in [0.717, 1.165) is 0 Å². The van der Waals surface area contributed by atoms with Gasteiger partial charge in [0.05, 0.1) is 11.1 Å². The molecular formula is C14H11FN2O2S. The molecular weight excluding hydrogens is 279 g/mol. The lowest BCUT2D eigenvalue weighted by atomic mass is 10.1. The van der Waals surface area contributed by atoms with Crippen molar-refractivity contribution in [2.24, 2.45) is 0 Å². The number of nitrogens with zero attached hydrogens (tertiary/aromatic N) is 1. The number of hydrogen-bond acceptors (Lipinski definition) is 4. The Morgan fingerprint density at radius 2 is 2.35 bits per heavy atom. The van der Waals surface area contributed by atoms with Gasteiger partial charge in [-0.1, -0.05) is 29.2 Å². The molecule has 0 bridgehead atoms. The number of benzene rings is 1. The summed E-state index contributed by atoms with van der Waals surface area (Å²) in [5.74, 6) is 4.32. The van der Waals surface area contributed by atoms with Crippen LogP contribution in [0.25, 0.3) is 0 Å². The van der Waals surface area contributed by atoms with Crippen LogP contribution in [0.2, 0.25) is 0 Å². The molecule has 4 nitrogen and oxygen atoms in total. The number of aryl methyl sites for hydroxylation is 1. The molecule has 6 heteroatoms. The lowest BCUT2D eigenvalue weighted by Gasteiger charge is -2.03. The highest BCUT2D eigenvalue weighted by Crippen LogP contribution is 2.18. The molecule has 20 heavy (non-hydrogen) atoms. The minimum absolute atomic E-state index is 0.228. The Kier molecular flexibility index (Phi) is 4.45. The van der Waals surface area contributed by atoms with E-state index in [9.17, 15) is 9.18 Å². The summed E-state index contributed by atoms with van der Waals surface area (Å²) < 4.78 is 13.4. The van der Waals surface area contributed by atoms with Crippen molar-refractivity contribution >= 4 is 22.4 Å². The van der Waals surface area contributed by atoms with Gasteiger partial charge in [-0.2, -0.15) is 0 Å². The zero-order valence-corrected chi connectivity index (χ0v) is 11.4. The SMILES string of the molecule is Cc1ccc(C(=O)Nc2ncc(C#CCO)s2)cc1F. The lowest BCUT2D eigenvalue weighted by molar-refractivity contribution is 0.102. The molecule has 0 radical (unpaired) electrons. The zero-order valence-electron chi connectivity index (χ0n) is 10.6. The summed E-state index contributed by atoms with van der Waals surface area (Å²) in [4.78, 5) is 16.5. The number of carbonyl (C=O) groups is 1. The molecule has 2 aromatic rings. The molecule has 0 unspecified atom stereocenters. The standard InChI is InChI=1S/C14H11FN2O2S/c1-9-4-5-10(7-12(9)15)13(19)17-14-16-8-11(20-14)3-2-6-18/h4-5,7-8,18H,6H2,1H3,(H,16,17,19). The predicted molar refractivity (Wildman–Crippen MR) is 75.2 cm³/mol. The number of rotatable bonds is 2. The van der Waals surface area contributed by atoms with Crippen molar-refractivity contribution in [3.63, 3.8) is 0 Å². The number of thiazole rings is 1. The summed E-state index contributed by atoms with van der Waals surface area (Å²) in [7, 11) is 0. The minimum atomic E-state index is -0.431. The molecule has 0 spiro atoms. The molecule has 0 saturated carbocycles. The second-order valence-electron chi connectivity index (χ2n) is 3.91. The Bertz CT molecular complexity index is 701. The summed E-state index contributed by atoms with van der Waals surface area (Å²) in [6.45, 7) is 1.40. The van der Waals surface area contributed by atoms with Gasteiger partial charge in [-0.05, 0) is 24.6 Å². The second-order valence-corrected chi connectivity index (χ2v) is 4.94. The third-order valence-electron chi connectivity index (χ3n) is 2.45. The van der Waals surface area contributed by atoms with Crippen LogP contribution < -0.4 is 5.32 Å². The summed E-state index contributed by atoms with van der Waals surface area (Å²) in [5.41, 5.74) is 0.712. The van der Waals surface area contributed by atoms with Gasteiger partial charge in [0, 0.05) is 5.56 Å². The number of hydrogen-bond donors (Lipinski definition) is 2. The van der Waals surface area contributed by atoms with E-state index in [4.69, 9.17) is 5.11 Å². The number of amides is 1. The fourth-order valence-corrected chi connectivity index (χ4v) is 2.11. The first kappa shape index (κ1) is 14.2. The quantitative estimate of drug-likeness (QED) is 0.833. The Morgan fingerprint density at radius 3 is 3.05 bits per heavy atom. The summed E-state index contributed by atoms with van der Waals surface area (Å²) in [5, 5.41) is 11.5. The monoisotopic (exact) mass is 290 g/mol. The van der Waals surface area contributed by atoms with Gasteiger partial charge < -0.3 is 5.11 Å². The van der Waals surface area contributed by atoms with Gasteiger partial charge in [-0.25, -0.2) is 9.37 Å². The smallest absolute Gasteiger partial charge is 0.257 e. The van der Waals surface area contributed by atoms with E-state index in [1.54, 1.807) is 19.1 Å². The Balaban J connectivity index is 2.11. The first-order valence-electron chi connectivity index (χ1n) is 5.73. The molecule has 0 atom stereocenters. The number of halogens is 1. The van der Waals surface area contributed by atoms with Crippen molar-refractivity contribution in [3.05, 3.63) is 46.2 Å². The number of aliphatic hydroxyl groups is 1. The normalized spacial score (nSPS) is 9.75. The third kappa shape index (κ3) is 3.41. The zero-order chi connectivity index (χ0) is 14.5. The summed E-state index contributed by atoms with van der Waals surface area (Å²) in [6.07, 6.45) is 1.50. The van der Waals surface area contributed by atoms with Gasteiger partial charge in [0.15, 0.2) is 5.13 Å². The van der Waals surface area contributed by atoms with Crippen molar-refractivity contribution in [2.45, 2.75) is 6.92 Å². The van der Waals surface area contributed by atoms with E-state index >= 15 is 0 Å². The molecule has 0 aliphatic rings. The highest BCUT2D eigenvalue weighted by molar-refractivity contribution is 7.16. The number of anilines is 1. The van der Waals surface area contributed by atoms with Crippen LogP contribution in [0.15, 0.2) is 24.4 Å². The van der Waals surface area contributed by atoms with Gasteiger partial charge >= 0.3 is 0 Å². The molecule has 0 aliphatic heterocycles. The van der Waals surface area contributed by atoms with Crippen LogP contribution in [0.1, 0.15) is 20.8 Å². The van der Waals surface area contributed by atoms with Gasteiger partial charge in [-0.3, -0.25) is 10.1 Å². The average molecular weight is 290 g/mol. The maximum atomic E-state index is 13.4. The van der Waals surface area contributed by atoms with E-state index < -0.39 is 11.7 Å². The number of carbonyl (C=O) groups excluding carboxylic acids is 1. The molecule has 0 saturated heterocycles. The van der Waals surface area contributed by atoms with E-state index in [-0.39, 0.29) is 12.2 Å².